The van der Waals surface area contributed by atoms with E-state index in [1.165, 1.54) is 0 Å². The molecule has 4 nitrogen and oxygen atoms in total. The van der Waals surface area contributed by atoms with Crippen LogP contribution in [0, 0.1) is 6.92 Å². The molecule has 0 saturated carbocycles. The Hall–Kier alpha value is -2.14. The zero-order chi connectivity index (χ0) is 13.8. The minimum absolute atomic E-state index is 0.320. The molecule has 0 bridgehead atoms. The molecule has 2 rings (SSSR count). The van der Waals surface area contributed by atoms with Gasteiger partial charge >= 0.3 is 0 Å². The standard InChI is InChI=1S/C14H14N2O2S/c1-9-6-10(14(15)19)7-13(16-9)18-12-5-3-4-11(8-12)17-2/h3-8H,1-2H3,(H2,15,19). The van der Waals surface area contributed by atoms with Gasteiger partial charge in [0, 0.05) is 23.4 Å². The molecule has 2 N–H and O–H groups in total. The van der Waals surface area contributed by atoms with Crippen LogP contribution in [0.5, 0.6) is 17.4 Å². The number of nitrogens with two attached hydrogens (primary N) is 1. The van der Waals surface area contributed by atoms with E-state index in [0.717, 1.165) is 17.0 Å². The zero-order valence-electron chi connectivity index (χ0n) is 10.7. The lowest BCUT2D eigenvalue weighted by molar-refractivity contribution is 0.407. The monoisotopic (exact) mass is 274 g/mol. The van der Waals surface area contributed by atoms with Crippen molar-refractivity contribution in [2.45, 2.75) is 6.92 Å². The molecule has 0 spiro atoms. The third kappa shape index (κ3) is 3.42. The Morgan fingerprint density at radius 3 is 2.63 bits per heavy atom. The van der Waals surface area contributed by atoms with Gasteiger partial charge < -0.3 is 15.2 Å². The quantitative estimate of drug-likeness (QED) is 0.869. The fourth-order valence-electron chi connectivity index (χ4n) is 1.62. The summed E-state index contributed by atoms with van der Waals surface area (Å²) in [5, 5.41) is 0. The molecule has 19 heavy (non-hydrogen) atoms. The van der Waals surface area contributed by atoms with E-state index in [-0.39, 0.29) is 0 Å². The number of pyridine rings is 1. The highest BCUT2D eigenvalue weighted by Crippen LogP contribution is 2.24. The molecule has 0 saturated heterocycles. The van der Waals surface area contributed by atoms with E-state index in [1.807, 2.05) is 31.2 Å². The van der Waals surface area contributed by atoms with E-state index in [2.05, 4.69) is 4.98 Å². The molecule has 1 aromatic heterocycles. The van der Waals surface area contributed by atoms with Crippen LogP contribution in [-0.4, -0.2) is 17.1 Å². The summed E-state index contributed by atoms with van der Waals surface area (Å²) in [5.41, 5.74) is 7.15. The average molecular weight is 274 g/mol. The Bertz CT molecular complexity index is 614. The van der Waals surface area contributed by atoms with Gasteiger partial charge in [0.1, 0.15) is 16.5 Å². The Morgan fingerprint density at radius 1 is 1.21 bits per heavy atom. The molecule has 0 radical (unpaired) electrons. The predicted molar refractivity (Wildman–Crippen MR) is 77.9 cm³/mol. The minimum Gasteiger partial charge on any atom is -0.497 e. The maximum absolute atomic E-state index is 5.69. The first kappa shape index (κ1) is 13.3. The highest BCUT2D eigenvalue weighted by Gasteiger charge is 2.05. The Kier molecular flexibility index (Phi) is 3.97. The van der Waals surface area contributed by atoms with E-state index in [4.69, 9.17) is 27.4 Å². The van der Waals surface area contributed by atoms with E-state index in [1.54, 1.807) is 19.2 Å². The maximum atomic E-state index is 5.69. The van der Waals surface area contributed by atoms with Crippen molar-refractivity contribution in [3.8, 4) is 17.4 Å². The first-order chi connectivity index (χ1) is 9.08. The number of benzene rings is 1. The van der Waals surface area contributed by atoms with Crippen molar-refractivity contribution < 1.29 is 9.47 Å². The second-order valence-corrected chi connectivity index (χ2v) is 4.42. The van der Waals surface area contributed by atoms with Gasteiger partial charge in [-0.2, -0.15) is 0 Å². The third-order valence-electron chi connectivity index (χ3n) is 2.48. The second kappa shape index (κ2) is 5.67. The van der Waals surface area contributed by atoms with Gasteiger partial charge in [-0.3, -0.25) is 0 Å². The lowest BCUT2D eigenvalue weighted by Gasteiger charge is -2.08. The molecule has 1 heterocycles. The van der Waals surface area contributed by atoms with Crippen LogP contribution in [0.3, 0.4) is 0 Å². The number of ether oxygens (including phenoxy) is 2. The van der Waals surface area contributed by atoms with Crippen molar-refractivity contribution in [3.05, 3.63) is 47.7 Å². The summed E-state index contributed by atoms with van der Waals surface area (Å²) in [5.74, 6) is 1.82. The molecule has 0 unspecified atom stereocenters. The number of methoxy groups -OCH3 is 1. The maximum Gasteiger partial charge on any atom is 0.220 e. The fourth-order valence-corrected chi connectivity index (χ4v) is 1.74. The van der Waals surface area contributed by atoms with Crippen LogP contribution in [0.15, 0.2) is 36.4 Å². The largest absolute Gasteiger partial charge is 0.497 e. The summed E-state index contributed by atoms with van der Waals surface area (Å²) >= 11 is 4.96. The van der Waals surface area contributed by atoms with E-state index in [0.29, 0.717) is 16.6 Å². The van der Waals surface area contributed by atoms with Crippen LogP contribution in [-0.2, 0) is 0 Å². The van der Waals surface area contributed by atoms with Crippen molar-refractivity contribution in [2.75, 3.05) is 7.11 Å². The lowest BCUT2D eigenvalue weighted by Crippen LogP contribution is -2.10. The van der Waals surface area contributed by atoms with Crippen LogP contribution in [0.25, 0.3) is 0 Å². The van der Waals surface area contributed by atoms with Crippen LogP contribution >= 0.6 is 12.2 Å². The molecule has 0 fully saturated rings. The summed E-state index contributed by atoms with van der Waals surface area (Å²) in [6.45, 7) is 1.86. The van der Waals surface area contributed by atoms with Gasteiger partial charge in [0.15, 0.2) is 0 Å². The molecule has 5 heteroatoms. The van der Waals surface area contributed by atoms with Gasteiger partial charge in [0.2, 0.25) is 5.88 Å². The molecular formula is C14H14N2O2S. The summed E-state index contributed by atoms with van der Waals surface area (Å²) < 4.78 is 10.8. The topological polar surface area (TPSA) is 57.4 Å². The van der Waals surface area contributed by atoms with Crippen molar-refractivity contribution in [2.24, 2.45) is 5.73 Å². The van der Waals surface area contributed by atoms with Gasteiger partial charge in [-0.1, -0.05) is 18.3 Å². The smallest absolute Gasteiger partial charge is 0.220 e. The van der Waals surface area contributed by atoms with Gasteiger partial charge in [-0.25, -0.2) is 4.98 Å². The van der Waals surface area contributed by atoms with Crippen LogP contribution in [0.1, 0.15) is 11.3 Å². The second-order valence-electron chi connectivity index (χ2n) is 3.98. The average Bonchev–Trinajstić information content (AvgIpc) is 2.38. The van der Waals surface area contributed by atoms with E-state index >= 15 is 0 Å². The first-order valence-electron chi connectivity index (χ1n) is 5.69. The summed E-state index contributed by atoms with van der Waals surface area (Å²) in [4.78, 5) is 4.61. The van der Waals surface area contributed by atoms with Gasteiger partial charge in [0.25, 0.3) is 0 Å². The highest BCUT2D eigenvalue weighted by molar-refractivity contribution is 7.80. The number of nitrogens with zero attached hydrogens (tertiary/aromatic N) is 1. The molecule has 0 aliphatic carbocycles. The first-order valence-corrected chi connectivity index (χ1v) is 6.09. The van der Waals surface area contributed by atoms with Crippen LogP contribution < -0.4 is 15.2 Å². The summed E-state index contributed by atoms with van der Waals surface area (Å²) in [7, 11) is 1.61. The van der Waals surface area contributed by atoms with Crippen molar-refractivity contribution >= 4 is 17.2 Å². The molecular weight excluding hydrogens is 260 g/mol. The third-order valence-corrected chi connectivity index (χ3v) is 2.71. The van der Waals surface area contributed by atoms with E-state index < -0.39 is 0 Å². The number of thiocarbonyl (C=S) groups is 1. The lowest BCUT2D eigenvalue weighted by atomic mass is 10.2. The normalized spacial score (nSPS) is 10.0. The summed E-state index contributed by atoms with van der Waals surface area (Å²) in [6, 6.07) is 10.8. The van der Waals surface area contributed by atoms with Crippen LogP contribution in [0.4, 0.5) is 0 Å². The Labute approximate surface area is 117 Å². The number of rotatable bonds is 4. The Balaban J connectivity index is 2.29. The molecule has 0 amide bonds. The van der Waals surface area contributed by atoms with Crippen molar-refractivity contribution in [1.82, 2.24) is 4.98 Å². The van der Waals surface area contributed by atoms with Crippen molar-refractivity contribution in [3.63, 3.8) is 0 Å². The van der Waals surface area contributed by atoms with Gasteiger partial charge in [-0.05, 0) is 25.1 Å². The van der Waals surface area contributed by atoms with Crippen LogP contribution in [0.2, 0.25) is 0 Å². The Morgan fingerprint density at radius 2 is 1.95 bits per heavy atom. The predicted octanol–water partition coefficient (Wildman–Crippen LogP) is 2.83. The SMILES string of the molecule is COc1cccc(Oc2cc(C(N)=S)cc(C)n2)c1. The van der Waals surface area contributed by atoms with Crippen molar-refractivity contribution in [1.29, 1.82) is 0 Å². The highest BCUT2D eigenvalue weighted by atomic mass is 32.1. The molecule has 2 aromatic rings. The number of hydrogen-bond acceptors (Lipinski definition) is 4. The number of hydrogen-bond donors (Lipinski definition) is 1. The van der Waals surface area contributed by atoms with Gasteiger partial charge in [-0.15, -0.1) is 0 Å². The fraction of sp³-hybridized carbons (Fsp3) is 0.143. The van der Waals surface area contributed by atoms with Gasteiger partial charge in [0.05, 0.1) is 7.11 Å². The molecule has 0 aliphatic rings. The zero-order valence-corrected chi connectivity index (χ0v) is 11.5. The number of aromatic nitrogens is 1. The van der Waals surface area contributed by atoms with E-state index in [9.17, 15) is 0 Å². The molecule has 1 aromatic carbocycles. The molecule has 0 atom stereocenters. The number of aryl methyl sites for hydroxylation is 1. The minimum atomic E-state index is 0.320. The molecule has 0 aliphatic heterocycles. The summed E-state index contributed by atoms with van der Waals surface area (Å²) in [6.07, 6.45) is 0. The molecule has 98 valence electrons.